The lowest BCUT2D eigenvalue weighted by Crippen LogP contribution is -2.46. The molecule has 36 heavy (non-hydrogen) atoms. The molecule has 1 heterocycles. The van der Waals surface area contributed by atoms with E-state index in [4.69, 9.17) is 18.9 Å². The molecule has 2 N–H and O–H groups in total. The molecule has 0 bridgehead atoms. The molecule has 7 nitrogen and oxygen atoms in total. The van der Waals surface area contributed by atoms with Gasteiger partial charge < -0.3 is 29.2 Å². The van der Waals surface area contributed by atoms with Crippen molar-refractivity contribution in [1.82, 2.24) is 0 Å². The third-order valence-electron chi connectivity index (χ3n) is 6.90. The van der Waals surface area contributed by atoms with Gasteiger partial charge >= 0.3 is 5.97 Å². The summed E-state index contributed by atoms with van der Waals surface area (Å²) in [7, 11) is 0. The maximum atomic E-state index is 12.8. The van der Waals surface area contributed by atoms with Crippen LogP contribution in [0.2, 0.25) is 0 Å². The number of hydrogen-bond acceptors (Lipinski definition) is 7. The highest BCUT2D eigenvalue weighted by molar-refractivity contribution is 5.77. The number of ether oxygens (including phenoxy) is 4. The zero-order valence-corrected chi connectivity index (χ0v) is 22.4. The van der Waals surface area contributed by atoms with Gasteiger partial charge in [0.25, 0.3) is 0 Å². The minimum Gasteiger partial charge on any atom is -0.464 e. The highest BCUT2D eigenvalue weighted by atomic mass is 16.7. The lowest BCUT2D eigenvalue weighted by Gasteiger charge is -2.37. The van der Waals surface area contributed by atoms with Crippen LogP contribution in [-0.4, -0.2) is 62.4 Å². The second kappa shape index (κ2) is 17.1. The summed E-state index contributed by atoms with van der Waals surface area (Å²) in [6.45, 7) is 4.17. The summed E-state index contributed by atoms with van der Waals surface area (Å²) in [5.41, 5.74) is -1.10. The molecule has 0 saturated carbocycles. The molecular formula is C29H48O7. The summed E-state index contributed by atoms with van der Waals surface area (Å²) in [5, 5.41) is 19.8. The van der Waals surface area contributed by atoms with Crippen LogP contribution < -0.4 is 0 Å². The van der Waals surface area contributed by atoms with Crippen molar-refractivity contribution in [2.45, 2.75) is 84.3 Å². The normalized spacial score (nSPS) is 20.4. The Morgan fingerprint density at radius 3 is 2.03 bits per heavy atom. The van der Waals surface area contributed by atoms with Crippen LogP contribution in [0.3, 0.4) is 0 Å². The Balaban J connectivity index is 1.64. The van der Waals surface area contributed by atoms with Gasteiger partial charge in [-0.05, 0) is 13.3 Å². The minimum atomic E-state index is -1.03. The smallest absolute Gasteiger partial charge is 0.316 e. The third kappa shape index (κ3) is 10.5. The third-order valence-corrected chi connectivity index (χ3v) is 6.90. The number of carbonyl (C=O) groups excluding carboxylic acids is 1. The predicted octanol–water partition coefficient (Wildman–Crippen LogP) is 5.19. The van der Waals surface area contributed by atoms with Crippen molar-refractivity contribution < 1.29 is 34.0 Å². The molecule has 1 aromatic rings. The van der Waals surface area contributed by atoms with E-state index in [0.717, 1.165) is 18.4 Å². The fourth-order valence-corrected chi connectivity index (χ4v) is 4.18. The van der Waals surface area contributed by atoms with Gasteiger partial charge in [0.1, 0.15) is 12.0 Å². The summed E-state index contributed by atoms with van der Waals surface area (Å²) in [6, 6.07) is 9.57. The molecule has 0 spiro atoms. The first-order valence-electron chi connectivity index (χ1n) is 13.7. The maximum Gasteiger partial charge on any atom is 0.316 e. The van der Waals surface area contributed by atoms with E-state index in [1.807, 2.05) is 30.3 Å². The zero-order valence-electron chi connectivity index (χ0n) is 22.4. The number of aliphatic hydroxyl groups excluding tert-OH is 2. The molecule has 0 radical (unpaired) electrons. The molecule has 0 aromatic heterocycles. The van der Waals surface area contributed by atoms with Crippen molar-refractivity contribution in [3.05, 3.63) is 35.9 Å². The Morgan fingerprint density at radius 2 is 1.47 bits per heavy atom. The molecule has 7 heteroatoms. The van der Waals surface area contributed by atoms with E-state index < -0.39 is 23.1 Å². The first-order chi connectivity index (χ1) is 17.5. The van der Waals surface area contributed by atoms with Gasteiger partial charge in [0.15, 0.2) is 6.29 Å². The second-order valence-corrected chi connectivity index (χ2v) is 10.6. The highest BCUT2D eigenvalue weighted by Gasteiger charge is 2.42. The first-order valence-corrected chi connectivity index (χ1v) is 13.7. The summed E-state index contributed by atoms with van der Waals surface area (Å²) in [5.74, 6) is -0.477. The van der Waals surface area contributed by atoms with Crippen LogP contribution in [0.4, 0.5) is 0 Å². The Labute approximate surface area is 217 Å². The fourth-order valence-electron chi connectivity index (χ4n) is 4.18. The monoisotopic (exact) mass is 508 g/mol. The Kier molecular flexibility index (Phi) is 14.6. The molecule has 0 aliphatic carbocycles. The first kappa shape index (κ1) is 30.7. The van der Waals surface area contributed by atoms with Crippen LogP contribution in [0, 0.1) is 10.8 Å². The largest absolute Gasteiger partial charge is 0.464 e. The van der Waals surface area contributed by atoms with Crippen molar-refractivity contribution in [3.63, 3.8) is 0 Å². The Bertz CT molecular complexity index is 697. The van der Waals surface area contributed by atoms with Crippen LogP contribution in [-0.2, 0) is 23.7 Å². The number of benzene rings is 1. The maximum absolute atomic E-state index is 12.8. The van der Waals surface area contributed by atoms with Gasteiger partial charge in [0, 0.05) is 12.2 Å². The van der Waals surface area contributed by atoms with Crippen molar-refractivity contribution in [3.8, 4) is 0 Å². The van der Waals surface area contributed by atoms with E-state index >= 15 is 0 Å². The molecule has 1 aliphatic rings. The summed E-state index contributed by atoms with van der Waals surface area (Å²) in [4.78, 5) is 12.8. The summed E-state index contributed by atoms with van der Waals surface area (Å²) < 4.78 is 22.9. The molecule has 0 unspecified atom stereocenters. The average molecular weight is 509 g/mol. The van der Waals surface area contributed by atoms with Crippen LogP contribution in [0.25, 0.3) is 0 Å². The van der Waals surface area contributed by atoms with E-state index in [9.17, 15) is 15.0 Å². The van der Waals surface area contributed by atoms with Crippen molar-refractivity contribution in [2.75, 3.05) is 46.2 Å². The number of esters is 1. The SMILES string of the molecule is CCCCCCCCCCCCOCC(CO)(CO)COC(=O)C1(C)COC(c2ccccc2)OC1. The molecule has 1 aliphatic heterocycles. The second-order valence-electron chi connectivity index (χ2n) is 10.6. The van der Waals surface area contributed by atoms with Crippen molar-refractivity contribution >= 4 is 5.97 Å². The van der Waals surface area contributed by atoms with Gasteiger partial charge in [-0.3, -0.25) is 4.79 Å². The lowest BCUT2D eigenvalue weighted by molar-refractivity contribution is -0.238. The van der Waals surface area contributed by atoms with Gasteiger partial charge in [0.2, 0.25) is 0 Å². The highest BCUT2D eigenvalue weighted by Crippen LogP contribution is 2.33. The molecular weight excluding hydrogens is 460 g/mol. The predicted molar refractivity (Wildman–Crippen MR) is 139 cm³/mol. The summed E-state index contributed by atoms with van der Waals surface area (Å²) in [6.07, 6.45) is 12.0. The molecule has 1 fully saturated rings. The van der Waals surface area contributed by atoms with Gasteiger partial charge in [-0.1, -0.05) is 95.0 Å². The van der Waals surface area contributed by atoms with E-state index in [0.29, 0.717) is 6.61 Å². The van der Waals surface area contributed by atoms with Gasteiger partial charge in [-0.25, -0.2) is 0 Å². The van der Waals surface area contributed by atoms with E-state index in [2.05, 4.69) is 6.92 Å². The molecule has 1 saturated heterocycles. The van der Waals surface area contributed by atoms with Gasteiger partial charge in [0.05, 0.1) is 38.4 Å². The van der Waals surface area contributed by atoms with Crippen molar-refractivity contribution in [2.24, 2.45) is 10.8 Å². The Morgan fingerprint density at radius 1 is 0.917 bits per heavy atom. The number of carbonyl (C=O) groups is 1. The lowest BCUT2D eigenvalue weighted by atomic mass is 9.90. The number of rotatable bonds is 19. The molecule has 0 atom stereocenters. The quantitative estimate of drug-likeness (QED) is 0.196. The molecule has 2 rings (SSSR count). The molecule has 0 amide bonds. The van der Waals surface area contributed by atoms with Gasteiger partial charge in [-0.2, -0.15) is 0 Å². The Hall–Kier alpha value is -1.51. The van der Waals surface area contributed by atoms with Crippen LogP contribution >= 0.6 is 0 Å². The topological polar surface area (TPSA) is 94.5 Å². The summed E-state index contributed by atoms with van der Waals surface area (Å²) >= 11 is 0. The van der Waals surface area contributed by atoms with E-state index in [-0.39, 0.29) is 39.6 Å². The number of hydrogen-bond donors (Lipinski definition) is 2. The number of aliphatic hydroxyl groups is 2. The van der Waals surface area contributed by atoms with Gasteiger partial charge in [-0.15, -0.1) is 0 Å². The standard InChI is InChI=1S/C29H48O7/c1-3-4-5-6-7-8-9-10-11-15-18-33-23-29(19-30,20-31)24-36-27(32)28(2)21-34-26(35-22-28)25-16-13-12-14-17-25/h12-14,16-17,26,30-31H,3-11,15,18-24H2,1-2H3. The fraction of sp³-hybridized carbons (Fsp3) is 0.759. The van der Waals surface area contributed by atoms with Crippen molar-refractivity contribution in [1.29, 1.82) is 0 Å². The number of unbranched alkanes of at least 4 members (excludes halogenated alkanes) is 9. The van der Waals surface area contributed by atoms with E-state index in [1.54, 1.807) is 6.92 Å². The molecule has 1 aromatic carbocycles. The molecule has 206 valence electrons. The van der Waals surface area contributed by atoms with Crippen LogP contribution in [0.5, 0.6) is 0 Å². The van der Waals surface area contributed by atoms with Crippen LogP contribution in [0.15, 0.2) is 30.3 Å². The zero-order chi connectivity index (χ0) is 26.1. The van der Waals surface area contributed by atoms with E-state index in [1.165, 1.54) is 51.4 Å². The average Bonchev–Trinajstić information content (AvgIpc) is 2.92. The minimum absolute atomic E-state index is 0.129. The van der Waals surface area contributed by atoms with Crippen LogP contribution in [0.1, 0.15) is 89.9 Å².